The average molecular weight is 378 g/mol. The van der Waals surface area contributed by atoms with Crippen molar-refractivity contribution in [2.45, 2.75) is 58.9 Å². The molecule has 142 valence electrons. The second-order valence-corrected chi connectivity index (χ2v) is 9.86. The first-order chi connectivity index (χ1) is 11.7. The van der Waals surface area contributed by atoms with Crippen molar-refractivity contribution >= 4 is 19.6 Å². The van der Waals surface area contributed by atoms with E-state index in [0.29, 0.717) is 5.56 Å². The number of hydrogen-bond donors (Lipinski definition) is 1. The highest BCUT2D eigenvalue weighted by atomic mass is 31.2. The van der Waals surface area contributed by atoms with Crippen LogP contribution in [0.3, 0.4) is 0 Å². The molecule has 1 amide bonds. The number of hydrogen-bond acceptors (Lipinski definition) is 5. The highest BCUT2D eigenvalue weighted by molar-refractivity contribution is 7.53. The standard InChI is InChI=1S/C19H27N2O4P/c1-18(2,3)24-26(23,25-19(4,5)6)13-15-9-7-14(8-10-15)11-16(12-20)17(21)22/h7-11H,13H2,1-6H3,(H2,21,22)/b16-11-. The van der Waals surface area contributed by atoms with Crippen LogP contribution in [0.25, 0.3) is 6.08 Å². The number of nitriles is 1. The Hall–Kier alpha value is -1.93. The van der Waals surface area contributed by atoms with Gasteiger partial charge in [-0.25, -0.2) is 0 Å². The summed E-state index contributed by atoms with van der Waals surface area (Å²) in [5, 5.41) is 8.89. The van der Waals surface area contributed by atoms with Crippen LogP contribution in [0.15, 0.2) is 29.8 Å². The number of nitrogens with two attached hydrogens (primary N) is 1. The van der Waals surface area contributed by atoms with Crippen molar-refractivity contribution < 1.29 is 18.4 Å². The van der Waals surface area contributed by atoms with Crippen molar-refractivity contribution in [1.82, 2.24) is 0 Å². The van der Waals surface area contributed by atoms with Crippen LogP contribution in [0.5, 0.6) is 0 Å². The fraction of sp³-hybridized carbons (Fsp3) is 0.474. The molecule has 0 saturated carbocycles. The molecule has 0 aromatic heterocycles. The third-order valence-electron chi connectivity index (χ3n) is 2.88. The molecule has 0 spiro atoms. The summed E-state index contributed by atoms with van der Waals surface area (Å²) in [6.07, 6.45) is 1.52. The molecule has 0 heterocycles. The molecule has 1 aromatic rings. The van der Waals surface area contributed by atoms with E-state index in [0.717, 1.165) is 5.56 Å². The largest absolute Gasteiger partial charge is 0.365 e. The van der Waals surface area contributed by atoms with Gasteiger partial charge in [0.15, 0.2) is 0 Å². The van der Waals surface area contributed by atoms with Gasteiger partial charge < -0.3 is 14.8 Å². The second kappa shape index (κ2) is 8.18. The average Bonchev–Trinajstić information content (AvgIpc) is 2.41. The molecule has 6 nitrogen and oxygen atoms in total. The third kappa shape index (κ3) is 7.97. The predicted molar refractivity (Wildman–Crippen MR) is 102 cm³/mol. The van der Waals surface area contributed by atoms with E-state index in [9.17, 15) is 9.36 Å². The summed E-state index contributed by atoms with van der Waals surface area (Å²) in [6.45, 7) is 11.0. The lowest BCUT2D eigenvalue weighted by Gasteiger charge is -2.32. The molecule has 0 aliphatic heterocycles. The van der Waals surface area contributed by atoms with Crippen molar-refractivity contribution in [2.75, 3.05) is 0 Å². The van der Waals surface area contributed by atoms with Crippen molar-refractivity contribution in [2.24, 2.45) is 5.73 Å². The number of primary amides is 1. The van der Waals surface area contributed by atoms with Crippen LogP contribution in [0.4, 0.5) is 0 Å². The van der Waals surface area contributed by atoms with Crippen LogP contribution < -0.4 is 5.73 Å². The normalized spacial score (nSPS) is 13.3. The van der Waals surface area contributed by atoms with Gasteiger partial charge in [-0.1, -0.05) is 24.3 Å². The zero-order valence-corrected chi connectivity index (χ0v) is 17.1. The molecule has 0 bridgehead atoms. The van der Waals surface area contributed by atoms with Crippen molar-refractivity contribution in [3.8, 4) is 6.07 Å². The molecule has 0 radical (unpaired) electrons. The zero-order valence-electron chi connectivity index (χ0n) is 16.2. The first kappa shape index (κ1) is 22.1. The molecule has 0 aliphatic rings. The van der Waals surface area contributed by atoms with Crippen LogP contribution in [-0.4, -0.2) is 17.1 Å². The van der Waals surface area contributed by atoms with Crippen LogP contribution >= 0.6 is 7.60 Å². The summed E-state index contributed by atoms with van der Waals surface area (Å²) >= 11 is 0. The van der Waals surface area contributed by atoms with Crippen LogP contribution in [0.1, 0.15) is 52.7 Å². The van der Waals surface area contributed by atoms with Crippen molar-refractivity contribution in [3.63, 3.8) is 0 Å². The van der Waals surface area contributed by atoms with E-state index in [1.165, 1.54) is 6.08 Å². The van der Waals surface area contributed by atoms with Crippen LogP contribution in [-0.2, 0) is 24.6 Å². The van der Waals surface area contributed by atoms with Gasteiger partial charge in [0.25, 0.3) is 5.91 Å². The lowest BCUT2D eigenvalue weighted by Crippen LogP contribution is -2.24. The molecule has 0 fully saturated rings. The van der Waals surface area contributed by atoms with E-state index >= 15 is 0 Å². The highest BCUT2D eigenvalue weighted by Gasteiger charge is 2.35. The number of rotatable bonds is 6. The van der Waals surface area contributed by atoms with Gasteiger partial charge in [-0.2, -0.15) is 5.26 Å². The summed E-state index contributed by atoms with van der Waals surface area (Å²) in [5.74, 6) is -0.779. The Labute approximate surface area is 155 Å². The summed E-state index contributed by atoms with van der Waals surface area (Å²) in [4.78, 5) is 11.1. The molecular formula is C19H27N2O4P. The smallest absolute Gasteiger partial charge is 0.336 e. The minimum Gasteiger partial charge on any atom is -0.365 e. The Balaban J connectivity index is 3.08. The van der Waals surface area contributed by atoms with E-state index in [2.05, 4.69) is 0 Å². The number of benzene rings is 1. The van der Waals surface area contributed by atoms with Crippen LogP contribution in [0, 0.1) is 11.3 Å². The van der Waals surface area contributed by atoms with E-state index in [-0.39, 0.29) is 11.7 Å². The number of carbonyl (C=O) groups excluding carboxylic acids is 1. The van der Waals surface area contributed by atoms with Gasteiger partial charge in [0.1, 0.15) is 11.6 Å². The molecular weight excluding hydrogens is 351 g/mol. The maximum Gasteiger partial charge on any atom is 0.336 e. The third-order valence-corrected chi connectivity index (χ3v) is 5.28. The molecule has 0 unspecified atom stereocenters. The van der Waals surface area contributed by atoms with Gasteiger partial charge in [0, 0.05) is 0 Å². The lowest BCUT2D eigenvalue weighted by atomic mass is 10.1. The summed E-state index contributed by atoms with van der Waals surface area (Å²) < 4.78 is 24.8. The molecule has 0 saturated heterocycles. The van der Waals surface area contributed by atoms with Gasteiger partial charge in [-0.05, 0) is 58.7 Å². The van der Waals surface area contributed by atoms with E-state index < -0.39 is 24.7 Å². The van der Waals surface area contributed by atoms with E-state index in [4.69, 9.17) is 20.0 Å². The molecule has 0 aliphatic carbocycles. The quantitative estimate of drug-likeness (QED) is 0.449. The molecule has 26 heavy (non-hydrogen) atoms. The van der Waals surface area contributed by atoms with Gasteiger partial charge in [0.05, 0.1) is 17.4 Å². The first-order valence-electron chi connectivity index (χ1n) is 8.24. The molecule has 1 rings (SSSR count). The Morgan fingerprint density at radius 2 is 1.58 bits per heavy atom. The minimum absolute atomic E-state index is 0.118. The molecule has 0 atom stereocenters. The fourth-order valence-electron chi connectivity index (χ4n) is 2.19. The monoisotopic (exact) mass is 378 g/mol. The Morgan fingerprint density at radius 3 is 1.92 bits per heavy atom. The Bertz CT molecular complexity index is 743. The van der Waals surface area contributed by atoms with Crippen LogP contribution in [0.2, 0.25) is 0 Å². The maximum atomic E-state index is 13.3. The number of amides is 1. The van der Waals surface area contributed by atoms with E-state index in [1.807, 2.05) is 41.5 Å². The molecule has 1 aromatic carbocycles. The minimum atomic E-state index is -3.39. The first-order valence-corrected chi connectivity index (χ1v) is 9.97. The SMILES string of the molecule is CC(C)(C)OP(=O)(Cc1ccc(/C=C(/C#N)C(N)=O)cc1)OC(C)(C)C. The summed E-state index contributed by atoms with van der Waals surface area (Å²) in [7, 11) is -3.39. The lowest BCUT2D eigenvalue weighted by molar-refractivity contribution is -0.114. The van der Waals surface area contributed by atoms with Crippen molar-refractivity contribution in [1.29, 1.82) is 5.26 Å². The van der Waals surface area contributed by atoms with Gasteiger partial charge in [-0.3, -0.25) is 9.36 Å². The zero-order chi connectivity index (χ0) is 20.2. The topological polar surface area (TPSA) is 102 Å². The second-order valence-electron chi connectivity index (χ2n) is 7.95. The highest BCUT2D eigenvalue weighted by Crippen LogP contribution is 2.56. The Morgan fingerprint density at radius 1 is 1.12 bits per heavy atom. The summed E-state index contributed by atoms with van der Waals surface area (Å²) in [5.41, 5.74) is 5.17. The van der Waals surface area contributed by atoms with Gasteiger partial charge >= 0.3 is 7.60 Å². The number of carbonyl (C=O) groups is 1. The fourth-order valence-corrected chi connectivity index (χ4v) is 4.68. The predicted octanol–water partition coefficient (Wildman–Crippen LogP) is 4.40. The van der Waals surface area contributed by atoms with Gasteiger partial charge in [-0.15, -0.1) is 0 Å². The maximum absolute atomic E-state index is 13.3. The van der Waals surface area contributed by atoms with Crippen molar-refractivity contribution in [3.05, 3.63) is 41.0 Å². The summed E-state index contributed by atoms with van der Waals surface area (Å²) in [6, 6.07) is 8.70. The van der Waals surface area contributed by atoms with E-state index in [1.54, 1.807) is 30.3 Å². The number of nitrogens with zero attached hydrogens (tertiary/aromatic N) is 1. The molecule has 2 N–H and O–H groups in total. The molecule has 7 heteroatoms. The Kier molecular flexibility index (Phi) is 6.95. The van der Waals surface area contributed by atoms with Gasteiger partial charge in [0.2, 0.25) is 0 Å².